The zero-order chi connectivity index (χ0) is 12.7. The van der Waals surface area contributed by atoms with Gasteiger partial charge in [0.25, 0.3) is 5.56 Å². The summed E-state index contributed by atoms with van der Waals surface area (Å²) in [6.07, 6.45) is 5.98. The lowest BCUT2D eigenvalue weighted by Crippen LogP contribution is -2.28. The van der Waals surface area contributed by atoms with Crippen molar-refractivity contribution in [2.75, 3.05) is 18.0 Å². The molecule has 1 aromatic rings. The monoisotopic (exact) mass is 301 g/mol. The van der Waals surface area contributed by atoms with Gasteiger partial charge < -0.3 is 9.88 Å². The van der Waals surface area contributed by atoms with E-state index in [9.17, 15) is 4.79 Å². The lowest BCUT2D eigenvalue weighted by Gasteiger charge is -2.23. The van der Waals surface area contributed by atoms with Gasteiger partial charge in [-0.25, -0.2) is 4.98 Å². The number of H-pyrrole nitrogens is 1. The Hall–Kier alpha value is -0.840. The van der Waals surface area contributed by atoms with Gasteiger partial charge in [0.15, 0.2) is 0 Å². The standard InChI is InChI=1S/C12H20BrN3O/c1-3-5-7-16(8-6-4-2)11-10(13)12(17)15-9-14-11/h9H,3-8H2,1-2H3,(H,14,15,17). The number of rotatable bonds is 7. The molecule has 0 bridgehead atoms. The molecule has 0 aliphatic carbocycles. The van der Waals surface area contributed by atoms with Gasteiger partial charge >= 0.3 is 0 Å². The lowest BCUT2D eigenvalue weighted by atomic mass is 10.2. The van der Waals surface area contributed by atoms with E-state index in [0.717, 1.165) is 44.6 Å². The Morgan fingerprint density at radius 1 is 1.29 bits per heavy atom. The predicted molar refractivity (Wildman–Crippen MR) is 74.6 cm³/mol. The van der Waals surface area contributed by atoms with E-state index in [1.165, 1.54) is 6.33 Å². The third kappa shape index (κ3) is 4.15. The number of hydrogen-bond acceptors (Lipinski definition) is 3. The molecule has 1 aromatic heterocycles. The average Bonchev–Trinajstić information content (AvgIpc) is 2.34. The molecule has 1 heterocycles. The first-order chi connectivity index (χ1) is 8.20. The van der Waals surface area contributed by atoms with E-state index in [2.05, 4.69) is 44.6 Å². The normalized spacial score (nSPS) is 10.5. The van der Waals surface area contributed by atoms with Crippen molar-refractivity contribution in [3.63, 3.8) is 0 Å². The third-order valence-electron chi connectivity index (χ3n) is 2.64. The van der Waals surface area contributed by atoms with Crippen LogP contribution < -0.4 is 10.5 Å². The molecule has 0 saturated heterocycles. The summed E-state index contributed by atoms with van der Waals surface area (Å²) in [5.74, 6) is 0.760. The predicted octanol–water partition coefficient (Wildman–Crippen LogP) is 2.94. The fraction of sp³-hybridized carbons (Fsp3) is 0.667. The molecule has 0 amide bonds. The van der Waals surface area contributed by atoms with Crippen molar-refractivity contribution in [2.24, 2.45) is 0 Å². The van der Waals surface area contributed by atoms with Crippen LogP contribution in [0.25, 0.3) is 0 Å². The molecule has 4 nitrogen and oxygen atoms in total. The summed E-state index contributed by atoms with van der Waals surface area (Å²) >= 11 is 3.32. The first kappa shape index (κ1) is 14.2. The van der Waals surface area contributed by atoms with Crippen LogP contribution in [0.15, 0.2) is 15.6 Å². The quantitative estimate of drug-likeness (QED) is 0.842. The number of nitrogens with zero attached hydrogens (tertiary/aromatic N) is 2. The van der Waals surface area contributed by atoms with Crippen molar-refractivity contribution >= 4 is 21.7 Å². The van der Waals surface area contributed by atoms with Gasteiger partial charge in [-0.15, -0.1) is 0 Å². The van der Waals surface area contributed by atoms with E-state index in [4.69, 9.17) is 0 Å². The minimum absolute atomic E-state index is 0.118. The average molecular weight is 302 g/mol. The van der Waals surface area contributed by atoms with Crippen LogP contribution in [0, 0.1) is 0 Å². The van der Waals surface area contributed by atoms with E-state index < -0.39 is 0 Å². The van der Waals surface area contributed by atoms with E-state index in [0.29, 0.717) is 4.47 Å². The molecule has 0 aliphatic rings. The fourth-order valence-electron chi connectivity index (χ4n) is 1.62. The summed E-state index contributed by atoms with van der Waals surface area (Å²) in [7, 11) is 0. The molecule has 0 aromatic carbocycles. The number of anilines is 1. The van der Waals surface area contributed by atoms with Crippen LogP contribution in [0.5, 0.6) is 0 Å². The summed E-state index contributed by atoms with van der Waals surface area (Å²) in [5.41, 5.74) is -0.118. The molecule has 96 valence electrons. The fourth-order valence-corrected chi connectivity index (χ4v) is 2.08. The molecule has 0 fully saturated rings. The van der Waals surface area contributed by atoms with Crippen LogP contribution in [0.2, 0.25) is 0 Å². The maximum atomic E-state index is 11.5. The van der Waals surface area contributed by atoms with Crippen LogP contribution >= 0.6 is 15.9 Å². The summed E-state index contributed by atoms with van der Waals surface area (Å²) in [6, 6.07) is 0. The van der Waals surface area contributed by atoms with E-state index in [-0.39, 0.29) is 5.56 Å². The number of hydrogen-bond donors (Lipinski definition) is 1. The van der Waals surface area contributed by atoms with Gasteiger partial charge in [-0.2, -0.15) is 0 Å². The molecular formula is C12H20BrN3O. The lowest BCUT2D eigenvalue weighted by molar-refractivity contribution is 0.668. The summed E-state index contributed by atoms with van der Waals surface area (Å²) in [5, 5.41) is 0. The van der Waals surface area contributed by atoms with Gasteiger partial charge in [0.1, 0.15) is 10.3 Å². The highest BCUT2D eigenvalue weighted by molar-refractivity contribution is 9.10. The van der Waals surface area contributed by atoms with Crippen molar-refractivity contribution in [3.8, 4) is 0 Å². The SMILES string of the molecule is CCCCN(CCCC)c1nc[nH]c(=O)c1Br. The second-order valence-corrected chi connectivity index (χ2v) is 4.86. The van der Waals surface area contributed by atoms with Gasteiger partial charge in [-0.1, -0.05) is 26.7 Å². The van der Waals surface area contributed by atoms with Crippen LogP contribution in [-0.4, -0.2) is 23.1 Å². The molecule has 1 N–H and O–H groups in total. The van der Waals surface area contributed by atoms with Crippen molar-refractivity contribution < 1.29 is 0 Å². The second kappa shape index (κ2) is 7.48. The van der Waals surface area contributed by atoms with Crippen molar-refractivity contribution in [1.29, 1.82) is 0 Å². The highest BCUT2D eigenvalue weighted by Gasteiger charge is 2.12. The number of halogens is 1. The molecule has 17 heavy (non-hydrogen) atoms. The van der Waals surface area contributed by atoms with Gasteiger partial charge in [0, 0.05) is 13.1 Å². The van der Waals surface area contributed by atoms with Crippen LogP contribution in [0.1, 0.15) is 39.5 Å². The molecule has 0 aliphatic heterocycles. The Balaban J connectivity index is 2.86. The highest BCUT2D eigenvalue weighted by atomic mass is 79.9. The Kier molecular flexibility index (Phi) is 6.26. The zero-order valence-electron chi connectivity index (χ0n) is 10.5. The van der Waals surface area contributed by atoms with E-state index in [1.54, 1.807) is 0 Å². The first-order valence-corrected chi connectivity index (χ1v) is 6.98. The molecule has 0 atom stereocenters. The topological polar surface area (TPSA) is 49.0 Å². The third-order valence-corrected chi connectivity index (χ3v) is 3.36. The Morgan fingerprint density at radius 3 is 2.41 bits per heavy atom. The maximum absolute atomic E-state index is 11.5. The Labute approximate surface area is 111 Å². The van der Waals surface area contributed by atoms with Crippen molar-refractivity contribution in [3.05, 3.63) is 21.2 Å². The summed E-state index contributed by atoms with van der Waals surface area (Å²) in [4.78, 5) is 20.5. The van der Waals surface area contributed by atoms with Crippen LogP contribution in [0.3, 0.4) is 0 Å². The number of nitrogens with one attached hydrogen (secondary N) is 1. The van der Waals surface area contributed by atoms with Crippen LogP contribution in [0.4, 0.5) is 5.82 Å². The summed E-state index contributed by atoms with van der Waals surface area (Å²) < 4.78 is 0.534. The number of unbranched alkanes of at least 4 members (excludes halogenated alkanes) is 2. The Bertz CT molecular complexity index is 384. The molecule has 1 rings (SSSR count). The Morgan fingerprint density at radius 2 is 1.88 bits per heavy atom. The minimum atomic E-state index is -0.118. The molecule has 0 spiro atoms. The highest BCUT2D eigenvalue weighted by Crippen LogP contribution is 2.19. The van der Waals surface area contributed by atoms with E-state index in [1.807, 2.05) is 0 Å². The molecule has 0 saturated carbocycles. The summed E-state index contributed by atoms with van der Waals surface area (Å²) in [6.45, 7) is 6.23. The maximum Gasteiger partial charge on any atom is 0.267 e. The zero-order valence-corrected chi connectivity index (χ0v) is 12.1. The molecule has 0 unspecified atom stereocenters. The van der Waals surface area contributed by atoms with Gasteiger partial charge in [-0.3, -0.25) is 4.79 Å². The molecular weight excluding hydrogens is 282 g/mol. The second-order valence-electron chi connectivity index (χ2n) is 4.06. The molecule has 0 radical (unpaired) electrons. The van der Waals surface area contributed by atoms with Crippen LogP contribution in [-0.2, 0) is 0 Å². The minimum Gasteiger partial charge on any atom is -0.355 e. The van der Waals surface area contributed by atoms with Crippen molar-refractivity contribution in [1.82, 2.24) is 9.97 Å². The van der Waals surface area contributed by atoms with Gasteiger partial charge in [0.2, 0.25) is 0 Å². The molecule has 5 heteroatoms. The first-order valence-electron chi connectivity index (χ1n) is 6.18. The largest absolute Gasteiger partial charge is 0.355 e. The van der Waals surface area contributed by atoms with Crippen molar-refractivity contribution in [2.45, 2.75) is 39.5 Å². The van der Waals surface area contributed by atoms with Gasteiger partial charge in [-0.05, 0) is 28.8 Å². The van der Waals surface area contributed by atoms with E-state index >= 15 is 0 Å². The number of aromatic amines is 1. The number of aromatic nitrogens is 2. The van der Waals surface area contributed by atoms with Gasteiger partial charge in [0.05, 0.1) is 6.33 Å². The smallest absolute Gasteiger partial charge is 0.267 e.